The zero-order valence-corrected chi connectivity index (χ0v) is 15.2. The van der Waals surface area contributed by atoms with E-state index >= 15 is 0 Å². The normalized spacial score (nSPS) is 12.1. The van der Waals surface area contributed by atoms with E-state index < -0.39 is 0 Å². The van der Waals surface area contributed by atoms with Crippen LogP contribution in [-0.4, -0.2) is 29.7 Å². The standard InChI is InChI=1S/C16H20N8S/c1-4-24-11(3)22-23-16(24)25-10(2)13-19-14(17)21-15(20-13)18-12-8-6-5-7-9-12/h5-10H,4H2,1-3H3,(H3,17,18,19,20,21). The van der Waals surface area contributed by atoms with Gasteiger partial charge in [-0.2, -0.15) is 15.0 Å². The molecule has 0 saturated carbocycles. The average molecular weight is 356 g/mol. The number of thioether (sulfide) groups is 1. The van der Waals surface area contributed by atoms with Crippen LogP contribution in [0.25, 0.3) is 0 Å². The largest absolute Gasteiger partial charge is 0.368 e. The Morgan fingerprint density at radius 3 is 2.64 bits per heavy atom. The summed E-state index contributed by atoms with van der Waals surface area (Å²) in [7, 11) is 0. The molecular formula is C16H20N8S. The van der Waals surface area contributed by atoms with E-state index in [1.807, 2.05) is 44.2 Å². The molecule has 3 N–H and O–H groups in total. The molecule has 0 amide bonds. The molecule has 0 bridgehead atoms. The van der Waals surface area contributed by atoms with Crippen molar-refractivity contribution in [2.75, 3.05) is 11.1 Å². The summed E-state index contributed by atoms with van der Waals surface area (Å²) >= 11 is 1.55. The molecule has 0 aliphatic carbocycles. The van der Waals surface area contributed by atoms with Crippen LogP contribution in [0.4, 0.5) is 17.6 Å². The van der Waals surface area contributed by atoms with Crippen LogP contribution < -0.4 is 11.1 Å². The van der Waals surface area contributed by atoms with Crippen LogP contribution in [0.5, 0.6) is 0 Å². The Bertz CT molecular complexity index is 849. The molecule has 0 aliphatic rings. The van der Waals surface area contributed by atoms with Crippen LogP contribution in [0.15, 0.2) is 35.5 Å². The van der Waals surface area contributed by atoms with Crippen LogP contribution in [0.2, 0.25) is 0 Å². The number of rotatable bonds is 6. The highest BCUT2D eigenvalue weighted by Crippen LogP contribution is 2.32. The van der Waals surface area contributed by atoms with Crippen molar-refractivity contribution in [2.45, 2.75) is 37.7 Å². The van der Waals surface area contributed by atoms with Crippen molar-refractivity contribution in [1.82, 2.24) is 29.7 Å². The van der Waals surface area contributed by atoms with Gasteiger partial charge < -0.3 is 15.6 Å². The maximum absolute atomic E-state index is 5.86. The number of para-hydroxylation sites is 1. The maximum Gasteiger partial charge on any atom is 0.232 e. The molecule has 2 heterocycles. The summed E-state index contributed by atoms with van der Waals surface area (Å²) in [5.74, 6) is 2.09. The van der Waals surface area contributed by atoms with Gasteiger partial charge in [0.15, 0.2) is 5.16 Å². The SMILES string of the molecule is CCn1c(C)nnc1SC(C)c1nc(N)nc(Nc2ccccc2)n1. The van der Waals surface area contributed by atoms with E-state index in [4.69, 9.17) is 5.73 Å². The highest BCUT2D eigenvalue weighted by atomic mass is 32.2. The minimum Gasteiger partial charge on any atom is -0.368 e. The quantitative estimate of drug-likeness (QED) is 0.649. The van der Waals surface area contributed by atoms with Gasteiger partial charge in [0, 0.05) is 12.2 Å². The fourth-order valence-corrected chi connectivity index (χ4v) is 3.32. The monoisotopic (exact) mass is 356 g/mol. The number of hydrogen-bond acceptors (Lipinski definition) is 8. The van der Waals surface area contributed by atoms with Gasteiger partial charge in [0.25, 0.3) is 0 Å². The molecule has 0 fully saturated rings. The molecule has 0 saturated heterocycles. The number of nitrogens with two attached hydrogens (primary N) is 1. The third kappa shape index (κ3) is 4.05. The Labute approximate surface area is 150 Å². The van der Waals surface area contributed by atoms with E-state index in [1.165, 1.54) is 0 Å². The van der Waals surface area contributed by atoms with E-state index in [1.54, 1.807) is 11.8 Å². The molecule has 0 spiro atoms. The molecular weight excluding hydrogens is 336 g/mol. The lowest BCUT2D eigenvalue weighted by atomic mass is 10.3. The van der Waals surface area contributed by atoms with Crippen molar-refractivity contribution in [2.24, 2.45) is 0 Å². The lowest BCUT2D eigenvalue weighted by Crippen LogP contribution is -2.09. The first-order valence-electron chi connectivity index (χ1n) is 7.96. The first-order chi connectivity index (χ1) is 12.1. The van der Waals surface area contributed by atoms with Crippen LogP contribution in [0.3, 0.4) is 0 Å². The number of aromatic nitrogens is 6. The molecule has 1 unspecified atom stereocenters. The van der Waals surface area contributed by atoms with Gasteiger partial charge in [-0.1, -0.05) is 30.0 Å². The molecule has 0 aliphatic heterocycles. The predicted octanol–water partition coefficient (Wildman–Crippen LogP) is 2.97. The van der Waals surface area contributed by atoms with E-state index in [0.29, 0.717) is 11.8 Å². The molecule has 3 aromatic rings. The minimum absolute atomic E-state index is 0.0458. The molecule has 8 nitrogen and oxygen atoms in total. The summed E-state index contributed by atoms with van der Waals surface area (Å²) in [6.07, 6.45) is 0. The van der Waals surface area contributed by atoms with Gasteiger partial charge in [-0.15, -0.1) is 10.2 Å². The topological polar surface area (TPSA) is 107 Å². The molecule has 1 aromatic carbocycles. The molecule has 1 atom stereocenters. The summed E-state index contributed by atoms with van der Waals surface area (Å²) in [5.41, 5.74) is 6.75. The smallest absolute Gasteiger partial charge is 0.232 e. The predicted molar refractivity (Wildman–Crippen MR) is 98.7 cm³/mol. The summed E-state index contributed by atoms with van der Waals surface area (Å²) in [6, 6.07) is 9.69. The van der Waals surface area contributed by atoms with Crippen molar-refractivity contribution in [1.29, 1.82) is 0 Å². The number of nitrogens with one attached hydrogen (secondary N) is 1. The first kappa shape index (κ1) is 17.2. The Morgan fingerprint density at radius 2 is 1.92 bits per heavy atom. The van der Waals surface area contributed by atoms with E-state index in [2.05, 4.69) is 42.0 Å². The molecule has 130 valence electrons. The van der Waals surface area contributed by atoms with Gasteiger partial charge in [0.2, 0.25) is 11.9 Å². The number of nitrogens with zero attached hydrogens (tertiary/aromatic N) is 6. The minimum atomic E-state index is -0.0458. The van der Waals surface area contributed by atoms with Crippen LogP contribution in [-0.2, 0) is 6.54 Å². The zero-order valence-electron chi connectivity index (χ0n) is 14.3. The molecule has 0 radical (unpaired) electrons. The number of hydrogen-bond donors (Lipinski definition) is 2. The number of benzene rings is 1. The number of anilines is 3. The molecule has 3 rings (SSSR count). The van der Waals surface area contributed by atoms with Gasteiger partial charge in [-0.05, 0) is 32.9 Å². The fourth-order valence-electron chi connectivity index (χ4n) is 2.32. The van der Waals surface area contributed by atoms with Gasteiger partial charge >= 0.3 is 0 Å². The maximum atomic E-state index is 5.86. The van der Waals surface area contributed by atoms with Gasteiger partial charge in [-0.25, -0.2) is 0 Å². The summed E-state index contributed by atoms with van der Waals surface area (Å²) in [4.78, 5) is 12.9. The Kier molecular flexibility index (Phi) is 5.13. The highest BCUT2D eigenvalue weighted by molar-refractivity contribution is 7.99. The zero-order chi connectivity index (χ0) is 17.8. The van der Waals surface area contributed by atoms with Gasteiger partial charge in [0.1, 0.15) is 11.6 Å². The first-order valence-corrected chi connectivity index (χ1v) is 8.84. The third-order valence-corrected chi connectivity index (χ3v) is 4.64. The van der Waals surface area contributed by atoms with Gasteiger partial charge in [-0.3, -0.25) is 0 Å². The van der Waals surface area contributed by atoms with Crippen molar-refractivity contribution in [3.8, 4) is 0 Å². The highest BCUT2D eigenvalue weighted by Gasteiger charge is 2.18. The van der Waals surface area contributed by atoms with Crippen LogP contribution in [0.1, 0.15) is 30.7 Å². The van der Waals surface area contributed by atoms with Crippen molar-refractivity contribution >= 4 is 29.3 Å². The molecule has 2 aromatic heterocycles. The Balaban J connectivity index is 1.81. The second-order valence-corrected chi connectivity index (χ2v) is 6.71. The summed E-state index contributed by atoms with van der Waals surface area (Å²) < 4.78 is 2.05. The second-order valence-electron chi connectivity index (χ2n) is 5.40. The molecule has 9 heteroatoms. The van der Waals surface area contributed by atoms with E-state index in [9.17, 15) is 0 Å². The second kappa shape index (κ2) is 7.47. The third-order valence-electron chi connectivity index (χ3n) is 3.56. The van der Waals surface area contributed by atoms with Crippen LogP contribution in [0, 0.1) is 6.92 Å². The molecule has 25 heavy (non-hydrogen) atoms. The Morgan fingerprint density at radius 1 is 1.16 bits per heavy atom. The van der Waals surface area contributed by atoms with Crippen molar-refractivity contribution in [3.63, 3.8) is 0 Å². The summed E-state index contributed by atoms with van der Waals surface area (Å²) in [5, 5.41) is 12.3. The van der Waals surface area contributed by atoms with Crippen molar-refractivity contribution < 1.29 is 0 Å². The van der Waals surface area contributed by atoms with Crippen LogP contribution >= 0.6 is 11.8 Å². The number of aryl methyl sites for hydroxylation is 1. The van der Waals surface area contributed by atoms with Crippen molar-refractivity contribution in [3.05, 3.63) is 42.0 Å². The lowest BCUT2D eigenvalue weighted by molar-refractivity contribution is 0.660. The lowest BCUT2D eigenvalue weighted by Gasteiger charge is -2.12. The summed E-state index contributed by atoms with van der Waals surface area (Å²) in [6.45, 7) is 6.83. The van der Waals surface area contributed by atoms with Gasteiger partial charge in [0.05, 0.1) is 5.25 Å². The average Bonchev–Trinajstić information content (AvgIpc) is 2.94. The fraction of sp³-hybridized carbons (Fsp3) is 0.312. The van der Waals surface area contributed by atoms with E-state index in [0.717, 1.165) is 23.2 Å². The Hall–Kier alpha value is -2.68. The van der Waals surface area contributed by atoms with E-state index in [-0.39, 0.29) is 11.2 Å². The number of nitrogen functional groups attached to an aromatic ring is 1.